The summed E-state index contributed by atoms with van der Waals surface area (Å²) >= 11 is 0. The highest BCUT2D eigenvalue weighted by Crippen LogP contribution is 2.19. The van der Waals surface area contributed by atoms with Gasteiger partial charge in [-0.15, -0.1) is 0 Å². The van der Waals surface area contributed by atoms with Crippen LogP contribution in [-0.4, -0.2) is 45.7 Å². The smallest absolute Gasteiger partial charge is 0.323 e. The van der Waals surface area contributed by atoms with E-state index in [2.05, 4.69) is 10.2 Å². The maximum absolute atomic E-state index is 12.0. The Hall–Kier alpha value is -2.63. The Morgan fingerprint density at radius 1 is 1.37 bits per heavy atom. The van der Waals surface area contributed by atoms with Crippen LogP contribution in [0.1, 0.15) is 10.4 Å². The van der Waals surface area contributed by atoms with Gasteiger partial charge < -0.3 is 10.0 Å². The van der Waals surface area contributed by atoms with Gasteiger partial charge in [-0.1, -0.05) is 12.1 Å². The molecule has 0 bridgehead atoms. The van der Waals surface area contributed by atoms with Gasteiger partial charge in [0, 0.05) is 24.4 Å². The van der Waals surface area contributed by atoms with Gasteiger partial charge in [0.05, 0.1) is 6.20 Å². The molecule has 2 rings (SSSR count). The van der Waals surface area contributed by atoms with Crippen molar-refractivity contribution < 1.29 is 14.7 Å². The number of amides is 1. The molecule has 6 heteroatoms. The van der Waals surface area contributed by atoms with Crippen LogP contribution in [0.25, 0.3) is 11.1 Å². The number of aromatic nitrogens is 2. The van der Waals surface area contributed by atoms with E-state index in [0.29, 0.717) is 5.56 Å². The quantitative estimate of drug-likeness (QED) is 0.864. The Balaban J connectivity index is 2.24. The second kappa shape index (κ2) is 5.34. The number of carbonyl (C=O) groups is 2. The molecule has 0 aliphatic rings. The van der Waals surface area contributed by atoms with Gasteiger partial charge in [-0.2, -0.15) is 5.10 Å². The Morgan fingerprint density at radius 2 is 2.16 bits per heavy atom. The van der Waals surface area contributed by atoms with Crippen LogP contribution in [0.15, 0.2) is 36.7 Å². The first-order valence-corrected chi connectivity index (χ1v) is 5.64. The first-order valence-electron chi connectivity index (χ1n) is 5.64. The summed E-state index contributed by atoms with van der Waals surface area (Å²) in [6.45, 7) is -0.325. The Morgan fingerprint density at radius 3 is 2.79 bits per heavy atom. The van der Waals surface area contributed by atoms with Crippen molar-refractivity contribution in [2.75, 3.05) is 13.6 Å². The fourth-order valence-corrected chi connectivity index (χ4v) is 1.74. The molecule has 0 radical (unpaired) electrons. The Bertz CT molecular complexity index is 593. The van der Waals surface area contributed by atoms with Crippen molar-refractivity contribution in [2.45, 2.75) is 0 Å². The lowest BCUT2D eigenvalue weighted by Crippen LogP contribution is -2.31. The molecule has 0 saturated heterocycles. The second-order valence-electron chi connectivity index (χ2n) is 4.12. The molecule has 6 nitrogen and oxygen atoms in total. The predicted molar refractivity (Wildman–Crippen MR) is 68.6 cm³/mol. The number of nitrogens with one attached hydrogen (secondary N) is 1. The largest absolute Gasteiger partial charge is 0.480 e. The summed E-state index contributed by atoms with van der Waals surface area (Å²) in [5.41, 5.74) is 2.17. The zero-order valence-electron chi connectivity index (χ0n) is 10.3. The molecule has 0 spiro atoms. The summed E-state index contributed by atoms with van der Waals surface area (Å²) < 4.78 is 0. The van der Waals surface area contributed by atoms with Gasteiger partial charge in [0.25, 0.3) is 5.91 Å². The molecule has 2 aromatic rings. The van der Waals surface area contributed by atoms with Crippen molar-refractivity contribution in [3.05, 3.63) is 42.2 Å². The molecule has 1 aromatic heterocycles. The lowest BCUT2D eigenvalue weighted by Gasteiger charge is -2.14. The number of hydrogen-bond acceptors (Lipinski definition) is 3. The van der Waals surface area contributed by atoms with Crippen molar-refractivity contribution in [1.29, 1.82) is 0 Å². The van der Waals surface area contributed by atoms with E-state index in [9.17, 15) is 9.59 Å². The first kappa shape index (κ1) is 12.8. The number of hydrogen-bond donors (Lipinski definition) is 2. The molecule has 19 heavy (non-hydrogen) atoms. The van der Waals surface area contributed by atoms with E-state index in [1.807, 2.05) is 6.07 Å². The van der Waals surface area contributed by atoms with Gasteiger partial charge in [0.1, 0.15) is 6.54 Å². The molecule has 1 heterocycles. The lowest BCUT2D eigenvalue weighted by atomic mass is 10.1. The van der Waals surface area contributed by atoms with Crippen LogP contribution in [0.5, 0.6) is 0 Å². The number of H-pyrrole nitrogens is 1. The fraction of sp³-hybridized carbons (Fsp3) is 0.154. The van der Waals surface area contributed by atoms with Crippen LogP contribution < -0.4 is 0 Å². The normalized spacial score (nSPS) is 10.2. The highest BCUT2D eigenvalue weighted by molar-refractivity contribution is 5.96. The average molecular weight is 259 g/mol. The summed E-state index contributed by atoms with van der Waals surface area (Å²) in [6.07, 6.45) is 3.38. The van der Waals surface area contributed by atoms with Gasteiger partial charge >= 0.3 is 5.97 Å². The van der Waals surface area contributed by atoms with E-state index in [4.69, 9.17) is 5.11 Å². The summed E-state index contributed by atoms with van der Waals surface area (Å²) in [5, 5.41) is 15.2. The van der Waals surface area contributed by atoms with Crippen LogP contribution in [-0.2, 0) is 4.79 Å². The van der Waals surface area contributed by atoms with E-state index in [0.717, 1.165) is 16.0 Å². The van der Waals surface area contributed by atoms with E-state index in [1.165, 1.54) is 7.05 Å². The Kier molecular flexibility index (Phi) is 3.61. The predicted octanol–water partition coefficient (Wildman–Crippen LogP) is 1.23. The topological polar surface area (TPSA) is 86.3 Å². The molecule has 0 fully saturated rings. The van der Waals surface area contributed by atoms with Crippen LogP contribution in [0.3, 0.4) is 0 Å². The molecule has 0 atom stereocenters. The number of carboxylic acids is 1. The molecule has 0 saturated carbocycles. The monoisotopic (exact) mass is 259 g/mol. The van der Waals surface area contributed by atoms with Crippen molar-refractivity contribution in [1.82, 2.24) is 15.1 Å². The number of carbonyl (C=O) groups excluding carboxylic acids is 1. The zero-order valence-corrected chi connectivity index (χ0v) is 10.3. The molecule has 1 aromatic carbocycles. The summed E-state index contributed by atoms with van der Waals surface area (Å²) in [4.78, 5) is 23.8. The van der Waals surface area contributed by atoms with Gasteiger partial charge in [-0.3, -0.25) is 14.7 Å². The number of aliphatic carboxylic acids is 1. The van der Waals surface area contributed by atoms with Crippen molar-refractivity contribution in [2.24, 2.45) is 0 Å². The summed E-state index contributed by atoms with van der Waals surface area (Å²) in [7, 11) is 1.46. The maximum Gasteiger partial charge on any atom is 0.323 e. The van der Waals surface area contributed by atoms with E-state index < -0.39 is 5.97 Å². The minimum atomic E-state index is -1.04. The summed E-state index contributed by atoms with van der Waals surface area (Å²) in [5.74, 6) is -1.37. The Labute approximate surface area is 109 Å². The van der Waals surface area contributed by atoms with E-state index in [-0.39, 0.29) is 12.5 Å². The number of carboxylic acid groups (broad SMARTS) is 1. The standard InChI is InChI=1S/C13H13N3O3/c1-16(8-12(17)18)13(19)10-4-2-3-9(5-10)11-6-14-15-7-11/h2-7H,8H2,1H3,(H,14,15)(H,17,18). The minimum absolute atomic E-state index is 0.325. The molecule has 0 unspecified atom stereocenters. The maximum atomic E-state index is 12.0. The summed E-state index contributed by atoms with van der Waals surface area (Å²) in [6, 6.07) is 6.98. The molecule has 0 aliphatic carbocycles. The molecular formula is C13H13N3O3. The van der Waals surface area contributed by atoms with Crippen LogP contribution in [0.4, 0.5) is 0 Å². The fourth-order valence-electron chi connectivity index (χ4n) is 1.74. The van der Waals surface area contributed by atoms with Gasteiger partial charge in [-0.05, 0) is 17.7 Å². The van der Waals surface area contributed by atoms with Gasteiger partial charge in [-0.25, -0.2) is 0 Å². The zero-order chi connectivity index (χ0) is 13.8. The molecule has 2 N–H and O–H groups in total. The lowest BCUT2D eigenvalue weighted by molar-refractivity contribution is -0.137. The van der Waals surface area contributed by atoms with Crippen molar-refractivity contribution >= 4 is 11.9 Å². The number of rotatable bonds is 4. The van der Waals surface area contributed by atoms with Gasteiger partial charge in [0.15, 0.2) is 0 Å². The van der Waals surface area contributed by atoms with Crippen molar-refractivity contribution in [3.8, 4) is 11.1 Å². The second-order valence-corrected chi connectivity index (χ2v) is 4.12. The number of aromatic amines is 1. The van der Waals surface area contributed by atoms with Crippen molar-refractivity contribution in [3.63, 3.8) is 0 Å². The molecule has 98 valence electrons. The van der Waals surface area contributed by atoms with Gasteiger partial charge in [0.2, 0.25) is 0 Å². The third-order valence-electron chi connectivity index (χ3n) is 2.66. The van der Waals surface area contributed by atoms with Crippen LogP contribution in [0, 0.1) is 0 Å². The van der Waals surface area contributed by atoms with E-state index in [1.54, 1.807) is 30.6 Å². The van der Waals surface area contributed by atoms with Crippen LogP contribution in [0.2, 0.25) is 0 Å². The third-order valence-corrected chi connectivity index (χ3v) is 2.66. The highest BCUT2D eigenvalue weighted by Gasteiger charge is 2.14. The number of likely N-dealkylation sites (N-methyl/N-ethyl adjacent to an activating group) is 1. The minimum Gasteiger partial charge on any atom is -0.480 e. The number of nitrogens with zero attached hydrogens (tertiary/aromatic N) is 2. The molecule has 0 aliphatic heterocycles. The molecule has 1 amide bonds. The number of benzene rings is 1. The van der Waals surface area contributed by atoms with E-state index >= 15 is 0 Å². The first-order chi connectivity index (χ1) is 9.08. The third kappa shape index (κ3) is 2.98. The molecular weight excluding hydrogens is 246 g/mol. The average Bonchev–Trinajstić information content (AvgIpc) is 2.91. The van der Waals surface area contributed by atoms with Crippen LogP contribution >= 0.6 is 0 Å². The highest BCUT2D eigenvalue weighted by atomic mass is 16.4. The SMILES string of the molecule is CN(CC(=O)O)C(=O)c1cccc(-c2cn[nH]c2)c1.